The van der Waals surface area contributed by atoms with E-state index in [1.54, 1.807) is 0 Å². The molecule has 0 aromatic rings. The Balaban J connectivity index is 3.40. The largest absolute Gasteiger partial charge is 0.374 e. The van der Waals surface area contributed by atoms with E-state index in [2.05, 4.69) is 5.32 Å². The Morgan fingerprint density at radius 1 is 1.64 bits per heavy atom. The number of nitrogens with one attached hydrogen (secondary N) is 1. The van der Waals surface area contributed by atoms with Crippen LogP contribution in [-0.4, -0.2) is 17.2 Å². The molecule has 0 bridgehead atoms. The lowest BCUT2D eigenvalue weighted by Gasteiger charge is -2.10. The molecule has 0 saturated carbocycles. The monoisotopic (exact) mass is 158 g/mol. The maximum absolute atomic E-state index is 10.8. The van der Waals surface area contributed by atoms with Gasteiger partial charge < -0.3 is 10.4 Å². The topological polar surface area (TPSA) is 49.3 Å². The lowest BCUT2D eigenvalue weighted by atomic mass is 10.3. The summed E-state index contributed by atoms with van der Waals surface area (Å²) in [5, 5.41) is 11.5. The standard InChI is InChI=1S/C8H16NO2/c1-3-5-7(10)9-8(11)6-4-2/h5,8,11H,3-4,6H2,1-2H3,(H,9,10). The van der Waals surface area contributed by atoms with Crippen molar-refractivity contribution in [2.45, 2.75) is 39.3 Å². The van der Waals surface area contributed by atoms with Crippen molar-refractivity contribution in [3.63, 3.8) is 0 Å². The van der Waals surface area contributed by atoms with E-state index in [0.717, 1.165) is 6.42 Å². The summed E-state index contributed by atoms with van der Waals surface area (Å²) in [6, 6.07) is 0. The lowest BCUT2D eigenvalue weighted by molar-refractivity contribution is -0.120. The van der Waals surface area contributed by atoms with E-state index in [1.807, 2.05) is 13.8 Å². The first-order valence-corrected chi connectivity index (χ1v) is 4.02. The van der Waals surface area contributed by atoms with Crippen LogP contribution >= 0.6 is 0 Å². The Bertz CT molecular complexity index is 115. The third-order valence-corrected chi connectivity index (χ3v) is 1.26. The number of aliphatic hydroxyl groups excluding tert-OH is 1. The van der Waals surface area contributed by atoms with Gasteiger partial charge in [0.2, 0.25) is 5.91 Å². The molecule has 1 radical (unpaired) electrons. The van der Waals surface area contributed by atoms with Crippen molar-refractivity contribution in [1.82, 2.24) is 5.32 Å². The predicted molar refractivity (Wildman–Crippen MR) is 43.6 cm³/mol. The van der Waals surface area contributed by atoms with E-state index >= 15 is 0 Å². The summed E-state index contributed by atoms with van der Waals surface area (Å²) in [7, 11) is 0. The van der Waals surface area contributed by atoms with Gasteiger partial charge in [-0.2, -0.15) is 0 Å². The number of amides is 1. The number of aliphatic hydroxyl groups is 1. The molecule has 3 heteroatoms. The van der Waals surface area contributed by atoms with E-state index in [0.29, 0.717) is 12.8 Å². The van der Waals surface area contributed by atoms with Gasteiger partial charge in [0.25, 0.3) is 0 Å². The zero-order valence-electron chi connectivity index (χ0n) is 7.13. The van der Waals surface area contributed by atoms with Crippen LogP contribution in [0.2, 0.25) is 0 Å². The van der Waals surface area contributed by atoms with Gasteiger partial charge in [-0.05, 0) is 12.8 Å². The van der Waals surface area contributed by atoms with Gasteiger partial charge in [-0.1, -0.05) is 20.3 Å². The summed E-state index contributed by atoms with van der Waals surface area (Å²) >= 11 is 0. The smallest absolute Gasteiger partial charge is 0.225 e. The number of hydrogen-bond donors (Lipinski definition) is 2. The first-order chi connectivity index (χ1) is 5.20. The quantitative estimate of drug-likeness (QED) is 0.582. The SMILES string of the molecule is CC[CH]C(=O)NC(O)CCC. The van der Waals surface area contributed by atoms with Crippen LogP contribution in [-0.2, 0) is 4.79 Å². The molecule has 0 saturated heterocycles. The van der Waals surface area contributed by atoms with Crippen LogP contribution in [0.3, 0.4) is 0 Å². The highest BCUT2D eigenvalue weighted by Gasteiger charge is 2.05. The van der Waals surface area contributed by atoms with E-state index in [4.69, 9.17) is 5.11 Å². The summed E-state index contributed by atoms with van der Waals surface area (Å²) in [5.74, 6) is -0.187. The molecule has 0 aromatic carbocycles. The minimum Gasteiger partial charge on any atom is -0.374 e. The molecule has 0 heterocycles. The van der Waals surface area contributed by atoms with Gasteiger partial charge in [-0.3, -0.25) is 4.79 Å². The molecule has 0 aliphatic rings. The summed E-state index contributed by atoms with van der Waals surface area (Å²) in [4.78, 5) is 10.8. The Kier molecular flexibility index (Phi) is 5.84. The van der Waals surface area contributed by atoms with Crippen molar-refractivity contribution in [3.05, 3.63) is 6.42 Å². The normalized spacial score (nSPS) is 12.6. The fourth-order valence-electron chi connectivity index (χ4n) is 0.754. The summed E-state index contributed by atoms with van der Waals surface area (Å²) in [6.07, 6.45) is 3.01. The summed E-state index contributed by atoms with van der Waals surface area (Å²) < 4.78 is 0. The molecule has 0 aliphatic carbocycles. The molecule has 0 spiro atoms. The second-order valence-electron chi connectivity index (χ2n) is 2.43. The van der Waals surface area contributed by atoms with Crippen molar-refractivity contribution in [3.8, 4) is 0 Å². The van der Waals surface area contributed by atoms with Gasteiger partial charge in [-0.25, -0.2) is 0 Å². The second kappa shape index (κ2) is 6.16. The fraction of sp³-hybridized carbons (Fsp3) is 0.750. The molecule has 65 valence electrons. The third kappa shape index (κ3) is 5.85. The van der Waals surface area contributed by atoms with Crippen LogP contribution in [0, 0.1) is 6.42 Å². The highest BCUT2D eigenvalue weighted by atomic mass is 16.3. The molecule has 2 N–H and O–H groups in total. The van der Waals surface area contributed by atoms with Crippen LogP contribution in [0.5, 0.6) is 0 Å². The molecule has 0 aliphatic heterocycles. The zero-order chi connectivity index (χ0) is 8.69. The van der Waals surface area contributed by atoms with Crippen LogP contribution < -0.4 is 5.32 Å². The Morgan fingerprint density at radius 3 is 2.73 bits per heavy atom. The molecular formula is C8H16NO2. The Hall–Kier alpha value is -0.570. The first-order valence-electron chi connectivity index (χ1n) is 4.02. The lowest BCUT2D eigenvalue weighted by Crippen LogP contribution is -2.34. The highest BCUT2D eigenvalue weighted by molar-refractivity contribution is 5.84. The Labute approximate surface area is 67.8 Å². The van der Waals surface area contributed by atoms with E-state index in [-0.39, 0.29) is 5.91 Å². The summed E-state index contributed by atoms with van der Waals surface area (Å²) in [5.41, 5.74) is 0. The molecule has 0 fully saturated rings. The molecule has 1 amide bonds. The van der Waals surface area contributed by atoms with Crippen molar-refractivity contribution < 1.29 is 9.90 Å². The number of hydrogen-bond acceptors (Lipinski definition) is 2. The molecule has 0 aromatic heterocycles. The van der Waals surface area contributed by atoms with Crippen LogP contribution in [0.4, 0.5) is 0 Å². The molecule has 11 heavy (non-hydrogen) atoms. The van der Waals surface area contributed by atoms with Crippen LogP contribution in [0.15, 0.2) is 0 Å². The van der Waals surface area contributed by atoms with E-state index in [9.17, 15) is 4.79 Å². The predicted octanol–water partition coefficient (Wildman–Crippen LogP) is 0.835. The second-order valence-corrected chi connectivity index (χ2v) is 2.43. The average molecular weight is 158 g/mol. The van der Waals surface area contributed by atoms with Crippen molar-refractivity contribution >= 4 is 5.91 Å². The Morgan fingerprint density at radius 2 is 2.27 bits per heavy atom. The third-order valence-electron chi connectivity index (χ3n) is 1.26. The molecule has 1 atom stereocenters. The minimum atomic E-state index is -0.685. The average Bonchev–Trinajstić information content (AvgIpc) is 1.87. The van der Waals surface area contributed by atoms with Crippen molar-refractivity contribution in [2.75, 3.05) is 0 Å². The number of carbonyl (C=O) groups excluding carboxylic acids is 1. The molecular weight excluding hydrogens is 142 g/mol. The van der Waals surface area contributed by atoms with Crippen molar-refractivity contribution in [2.24, 2.45) is 0 Å². The number of rotatable bonds is 5. The van der Waals surface area contributed by atoms with Crippen LogP contribution in [0.1, 0.15) is 33.1 Å². The number of carbonyl (C=O) groups is 1. The van der Waals surface area contributed by atoms with Gasteiger partial charge in [0.05, 0.1) is 0 Å². The van der Waals surface area contributed by atoms with Crippen molar-refractivity contribution in [1.29, 1.82) is 0 Å². The summed E-state index contributed by atoms with van der Waals surface area (Å²) in [6.45, 7) is 3.84. The van der Waals surface area contributed by atoms with Gasteiger partial charge in [0.15, 0.2) is 0 Å². The minimum absolute atomic E-state index is 0.187. The van der Waals surface area contributed by atoms with Crippen LogP contribution in [0.25, 0.3) is 0 Å². The molecule has 1 unspecified atom stereocenters. The first kappa shape index (κ1) is 10.4. The van der Waals surface area contributed by atoms with E-state index < -0.39 is 6.23 Å². The van der Waals surface area contributed by atoms with Gasteiger partial charge >= 0.3 is 0 Å². The maximum atomic E-state index is 10.8. The van der Waals surface area contributed by atoms with Gasteiger partial charge in [0.1, 0.15) is 6.23 Å². The van der Waals surface area contributed by atoms with Gasteiger partial charge in [-0.15, -0.1) is 0 Å². The highest BCUT2D eigenvalue weighted by Crippen LogP contribution is 1.93. The fourth-order valence-corrected chi connectivity index (χ4v) is 0.754. The molecule has 3 nitrogen and oxygen atoms in total. The molecule has 0 rings (SSSR count). The van der Waals surface area contributed by atoms with E-state index in [1.165, 1.54) is 6.42 Å². The maximum Gasteiger partial charge on any atom is 0.225 e. The van der Waals surface area contributed by atoms with Gasteiger partial charge in [0, 0.05) is 6.42 Å². The zero-order valence-corrected chi connectivity index (χ0v) is 7.13.